The normalized spacial score (nSPS) is 16.6. The van der Waals surface area contributed by atoms with Crippen molar-refractivity contribution in [2.75, 3.05) is 6.54 Å². The molecule has 2 rings (SSSR count). The second kappa shape index (κ2) is 4.79. The molecule has 1 unspecified atom stereocenters. The van der Waals surface area contributed by atoms with E-state index in [0.717, 1.165) is 25.0 Å². The summed E-state index contributed by atoms with van der Waals surface area (Å²) in [6, 6.07) is 3.24. The Balaban J connectivity index is 1.99. The third-order valence-electron chi connectivity index (χ3n) is 2.83. The van der Waals surface area contributed by atoms with Gasteiger partial charge in [-0.25, -0.2) is 8.78 Å². The molecule has 0 spiro atoms. The van der Waals surface area contributed by atoms with Crippen LogP contribution in [0.2, 0.25) is 0 Å². The van der Waals surface area contributed by atoms with E-state index in [0.29, 0.717) is 0 Å². The van der Waals surface area contributed by atoms with Crippen LogP contribution in [0.4, 0.5) is 8.78 Å². The Labute approximate surface area is 97.5 Å². The molecule has 3 nitrogen and oxygen atoms in total. The zero-order valence-electron chi connectivity index (χ0n) is 9.12. The van der Waals surface area contributed by atoms with Crippen LogP contribution in [0.3, 0.4) is 0 Å². The molecule has 1 fully saturated rings. The van der Waals surface area contributed by atoms with Crippen molar-refractivity contribution < 1.29 is 18.7 Å². The Kier molecular flexibility index (Phi) is 3.38. The van der Waals surface area contributed by atoms with Gasteiger partial charge in [0.25, 0.3) is 5.91 Å². The van der Waals surface area contributed by atoms with Crippen LogP contribution >= 0.6 is 0 Å². The Bertz CT molecular complexity index is 412. The predicted molar refractivity (Wildman–Crippen MR) is 57.4 cm³/mol. The molecule has 0 saturated heterocycles. The van der Waals surface area contributed by atoms with Crippen LogP contribution in [0.5, 0.6) is 0 Å². The minimum absolute atomic E-state index is 0.0251. The van der Waals surface area contributed by atoms with Gasteiger partial charge in [0, 0.05) is 6.54 Å². The van der Waals surface area contributed by atoms with Gasteiger partial charge in [0.05, 0.1) is 6.10 Å². The largest absolute Gasteiger partial charge is 0.391 e. The monoisotopic (exact) mass is 241 g/mol. The number of hydrogen-bond acceptors (Lipinski definition) is 2. The third-order valence-corrected chi connectivity index (χ3v) is 2.83. The van der Waals surface area contributed by atoms with E-state index < -0.39 is 29.2 Å². The number of aliphatic hydroxyl groups is 1. The van der Waals surface area contributed by atoms with Gasteiger partial charge in [0.15, 0.2) is 0 Å². The molecule has 1 amide bonds. The molecule has 0 heterocycles. The van der Waals surface area contributed by atoms with E-state index in [4.69, 9.17) is 0 Å². The number of amides is 1. The summed E-state index contributed by atoms with van der Waals surface area (Å²) in [4.78, 5) is 11.5. The number of nitrogens with one attached hydrogen (secondary N) is 1. The minimum atomic E-state index is -0.900. The Morgan fingerprint density at radius 1 is 1.41 bits per heavy atom. The molecule has 92 valence electrons. The summed E-state index contributed by atoms with van der Waals surface area (Å²) in [7, 11) is 0. The lowest BCUT2D eigenvalue weighted by Crippen LogP contribution is -2.34. The van der Waals surface area contributed by atoms with E-state index in [1.807, 2.05) is 0 Å². The van der Waals surface area contributed by atoms with E-state index in [1.54, 1.807) is 0 Å². The second-order valence-corrected chi connectivity index (χ2v) is 4.21. The van der Waals surface area contributed by atoms with Crippen LogP contribution in [-0.4, -0.2) is 23.7 Å². The summed E-state index contributed by atoms with van der Waals surface area (Å²) in [5.74, 6) is -2.42. The van der Waals surface area contributed by atoms with Crippen molar-refractivity contribution in [1.82, 2.24) is 5.32 Å². The number of halogens is 2. The van der Waals surface area contributed by atoms with Gasteiger partial charge in [-0.15, -0.1) is 0 Å². The molecule has 1 aliphatic carbocycles. The van der Waals surface area contributed by atoms with Gasteiger partial charge in [-0.05, 0) is 30.9 Å². The second-order valence-electron chi connectivity index (χ2n) is 4.21. The number of benzene rings is 1. The van der Waals surface area contributed by atoms with Crippen molar-refractivity contribution in [3.8, 4) is 0 Å². The van der Waals surface area contributed by atoms with Crippen molar-refractivity contribution in [3.05, 3.63) is 35.4 Å². The Hall–Kier alpha value is -1.49. The van der Waals surface area contributed by atoms with Gasteiger partial charge in [0.1, 0.15) is 17.2 Å². The molecular formula is C12H13F2NO2. The number of rotatable bonds is 4. The first kappa shape index (κ1) is 12.0. The maximum absolute atomic E-state index is 13.2. The van der Waals surface area contributed by atoms with Crippen LogP contribution in [0.15, 0.2) is 18.2 Å². The smallest absolute Gasteiger partial charge is 0.257 e. The molecule has 1 saturated carbocycles. The van der Waals surface area contributed by atoms with Crippen LogP contribution in [-0.2, 0) is 0 Å². The molecule has 0 radical (unpaired) electrons. The first-order chi connectivity index (χ1) is 8.09. The van der Waals surface area contributed by atoms with Crippen molar-refractivity contribution in [1.29, 1.82) is 0 Å². The third kappa shape index (κ3) is 2.79. The SMILES string of the molecule is O=C(NCC(O)C1CC1)c1c(F)cccc1F. The van der Waals surface area contributed by atoms with E-state index in [2.05, 4.69) is 5.32 Å². The van der Waals surface area contributed by atoms with E-state index in [-0.39, 0.29) is 12.5 Å². The number of carbonyl (C=O) groups excluding carboxylic acids is 1. The van der Waals surface area contributed by atoms with Gasteiger partial charge in [-0.2, -0.15) is 0 Å². The van der Waals surface area contributed by atoms with Crippen LogP contribution < -0.4 is 5.32 Å². The summed E-state index contributed by atoms with van der Waals surface area (Å²) >= 11 is 0. The zero-order chi connectivity index (χ0) is 12.4. The maximum Gasteiger partial charge on any atom is 0.257 e. The molecule has 0 aromatic heterocycles. The van der Waals surface area contributed by atoms with Crippen molar-refractivity contribution >= 4 is 5.91 Å². The highest BCUT2D eigenvalue weighted by Gasteiger charge is 2.30. The summed E-state index contributed by atoms with van der Waals surface area (Å²) < 4.78 is 26.5. The Morgan fingerprint density at radius 3 is 2.53 bits per heavy atom. The van der Waals surface area contributed by atoms with Gasteiger partial charge >= 0.3 is 0 Å². The first-order valence-electron chi connectivity index (χ1n) is 5.50. The maximum atomic E-state index is 13.2. The van der Waals surface area contributed by atoms with Crippen LogP contribution in [0.1, 0.15) is 23.2 Å². The molecule has 0 aliphatic heterocycles. The zero-order valence-corrected chi connectivity index (χ0v) is 9.12. The molecule has 17 heavy (non-hydrogen) atoms. The Morgan fingerprint density at radius 2 is 2.00 bits per heavy atom. The minimum Gasteiger partial charge on any atom is -0.391 e. The molecule has 1 atom stereocenters. The molecular weight excluding hydrogens is 228 g/mol. The van der Waals surface area contributed by atoms with Gasteiger partial charge < -0.3 is 10.4 Å². The number of carbonyl (C=O) groups is 1. The summed E-state index contributed by atoms with van der Waals surface area (Å²) in [5.41, 5.74) is -0.601. The molecule has 1 aromatic rings. The van der Waals surface area contributed by atoms with Crippen LogP contribution in [0, 0.1) is 17.6 Å². The van der Waals surface area contributed by atoms with Crippen molar-refractivity contribution in [2.45, 2.75) is 18.9 Å². The average Bonchev–Trinajstić information content (AvgIpc) is 3.09. The van der Waals surface area contributed by atoms with E-state index in [1.165, 1.54) is 6.07 Å². The summed E-state index contributed by atoms with van der Waals surface area (Å²) in [6.45, 7) is 0.0251. The first-order valence-corrected chi connectivity index (χ1v) is 5.50. The number of aliphatic hydroxyl groups excluding tert-OH is 1. The summed E-state index contributed by atoms with van der Waals surface area (Å²) in [6.07, 6.45) is 1.24. The topological polar surface area (TPSA) is 49.3 Å². The van der Waals surface area contributed by atoms with Gasteiger partial charge in [-0.3, -0.25) is 4.79 Å². The quantitative estimate of drug-likeness (QED) is 0.838. The molecule has 2 N–H and O–H groups in total. The highest BCUT2D eigenvalue weighted by molar-refractivity contribution is 5.94. The summed E-state index contributed by atoms with van der Waals surface area (Å²) in [5, 5.41) is 11.9. The average molecular weight is 241 g/mol. The van der Waals surface area contributed by atoms with Gasteiger partial charge in [-0.1, -0.05) is 6.07 Å². The highest BCUT2D eigenvalue weighted by atomic mass is 19.1. The fourth-order valence-corrected chi connectivity index (χ4v) is 1.65. The fourth-order valence-electron chi connectivity index (χ4n) is 1.65. The molecule has 0 bridgehead atoms. The van der Waals surface area contributed by atoms with Crippen molar-refractivity contribution in [2.24, 2.45) is 5.92 Å². The van der Waals surface area contributed by atoms with Crippen LogP contribution in [0.25, 0.3) is 0 Å². The number of hydrogen-bond donors (Lipinski definition) is 2. The van der Waals surface area contributed by atoms with E-state index in [9.17, 15) is 18.7 Å². The molecule has 5 heteroatoms. The van der Waals surface area contributed by atoms with Crippen molar-refractivity contribution in [3.63, 3.8) is 0 Å². The molecule has 1 aromatic carbocycles. The lowest BCUT2D eigenvalue weighted by atomic mass is 10.1. The lowest BCUT2D eigenvalue weighted by Gasteiger charge is -2.11. The highest BCUT2D eigenvalue weighted by Crippen LogP contribution is 2.32. The lowest BCUT2D eigenvalue weighted by molar-refractivity contribution is 0.0893. The van der Waals surface area contributed by atoms with Gasteiger partial charge in [0.2, 0.25) is 0 Å². The standard InChI is InChI=1S/C12H13F2NO2/c13-8-2-1-3-9(14)11(8)12(17)15-6-10(16)7-4-5-7/h1-3,7,10,16H,4-6H2,(H,15,17). The molecule has 1 aliphatic rings. The predicted octanol–water partition coefficient (Wildman–Crippen LogP) is 1.47. The van der Waals surface area contributed by atoms with E-state index >= 15 is 0 Å². The fraction of sp³-hybridized carbons (Fsp3) is 0.417.